The molecule has 2 saturated heterocycles. The molecular weight excluding hydrogens is 333 g/mol. The molecule has 1 aromatic carbocycles. The van der Waals surface area contributed by atoms with Crippen molar-refractivity contribution in [1.29, 1.82) is 0 Å². The molecule has 23 heavy (non-hydrogen) atoms. The molecular formula is C17H27Cl2N3O. The Morgan fingerprint density at radius 3 is 2.35 bits per heavy atom. The van der Waals surface area contributed by atoms with Gasteiger partial charge >= 0.3 is 0 Å². The summed E-state index contributed by atoms with van der Waals surface area (Å²) in [6.45, 7) is 5.67. The van der Waals surface area contributed by atoms with Gasteiger partial charge in [0.15, 0.2) is 0 Å². The van der Waals surface area contributed by atoms with Gasteiger partial charge in [0.05, 0.1) is 6.04 Å². The van der Waals surface area contributed by atoms with Gasteiger partial charge in [0, 0.05) is 32.7 Å². The van der Waals surface area contributed by atoms with Gasteiger partial charge in [0.25, 0.3) is 0 Å². The Kier molecular flexibility index (Phi) is 8.92. The van der Waals surface area contributed by atoms with Crippen LogP contribution in [-0.4, -0.2) is 54.5 Å². The minimum atomic E-state index is 0. The molecule has 4 nitrogen and oxygen atoms in total. The van der Waals surface area contributed by atoms with Gasteiger partial charge in [0.2, 0.25) is 5.91 Å². The zero-order valence-corrected chi connectivity index (χ0v) is 15.1. The van der Waals surface area contributed by atoms with Crippen LogP contribution in [0.3, 0.4) is 0 Å². The number of rotatable bonds is 3. The van der Waals surface area contributed by atoms with E-state index < -0.39 is 0 Å². The summed E-state index contributed by atoms with van der Waals surface area (Å²) in [4.78, 5) is 16.9. The third-order valence-electron chi connectivity index (χ3n) is 4.54. The van der Waals surface area contributed by atoms with E-state index in [2.05, 4.69) is 40.5 Å². The highest BCUT2D eigenvalue weighted by molar-refractivity contribution is 5.85. The van der Waals surface area contributed by atoms with Crippen LogP contribution in [0.5, 0.6) is 0 Å². The summed E-state index contributed by atoms with van der Waals surface area (Å²) in [6.07, 6.45) is 3.38. The Bertz CT molecular complexity index is 458. The lowest BCUT2D eigenvalue weighted by molar-refractivity contribution is -0.135. The van der Waals surface area contributed by atoms with Gasteiger partial charge in [-0.1, -0.05) is 36.8 Å². The minimum Gasteiger partial charge on any atom is -0.339 e. The lowest BCUT2D eigenvalue weighted by Gasteiger charge is -2.37. The van der Waals surface area contributed by atoms with E-state index in [1.807, 2.05) is 4.90 Å². The highest BCUT2D eigenvalue weighted by atomic mass is 35.5. The number of piperazine rings is 1. The second kappa shape index (κ2) is 10.1. The first-order valence-corrected chi connectivity index (χ1v) is 8.11. The van der Waals surface area contributed by atoms with Crippen molar-refractivity contribution >= 4 is 30.7 Å². The Hall–Kier alpha value is -0.810. The number of hydrogen-bond donors (Lipinski definition) is 1. The summed E-state index contributed by atoms with van der Waals surface area (Å²) in [5.74, 6) is 0.314. The molecule has 0 bridgehead atoms. The largest absolute Gasteiger partial charge is 0.339 e. The highest BCUT2D eigenvalue weighted by Crippen LogP contribution is 2.13. The topological polar surface area (TPSA) is 35.6 Å². The number of benzene rings is 1. The summed E-state index contributed by atoms with van der Waals surface area (Å²) in [6, 6.07) is 10.6. The Balaban J connectivity index is 0.00000132. The first-order chi connectivity index (χ1) is 10.3. The van der Waals surface area contributed by atoms with Crippen LogP contribution < -0.4 is 5.32 Å². The van der Waals surface area contributed by atoms with Crippen LogP contribution in [0, 0.1) is 0 Å². The number of nitrogens with one attached hydrogen (secondary N) is 1. The number of halogens is 2. The maximum Gasteiger partial charge on any atom is 0.239 e. The number of nitrogens with zero attached hydrogens (tertiary/aromatic N) is 2. The maximum absolute atomic E-state index is 12.5. The molecule has 0 aliphatic carbocycles. The summed E-state index contributed by atoms with van der Waals surface area (Å²) in [5.41, 5.74) is 1.35. The molecule has 0 aromatic heterocycles. The molecule has 3 rings (SSSR count). The molecule has 2 fully saturated rings. The standard InChI is InChI=1S/C17H25N3O.2ClH/c21-17(16-8-4-5-9-18-16)20-12-10-19(11-13-20)14-15-6-2-1-3-7-15;;/h1-3,6-7,16,18H,4-5,8-14H2;2*1H/t16-;;/m1../s1. The normalized spacial score (nSPS) is 21.9. The molecule has 6 heteroatoms. The summed E-state index contributed by atoms with van der Waals surface area (Å²) >= 11 is 0. The predicted molar refractivity (Wildman–Crippen MR) is 98.4 cm³/mol. The second-order valence-corrected chi connectivity index (χ2v) is 6.09. The van der Waals surface area contributed by atoms with E-state index in [0.717, 1.165) is 45.7 Å². The molecule has 1 atom stereocenters. The van der Waals surface area contributed by atoms with Crippen molar-refractivity contribution in [2.75, 3.05) is 32.7 Å². The lowest BCUT2D eigenvalue weighted by atomic mass is 10.0. The van der Waals surface area contributed by atoms with Crippen molar-refractivity contribution in [1.82, 2.24) is 15.1 Å². The molecule has 1 amide bonds. The van der Waals surface area contributed by atoms with Crippen molar-refractivity contribution < 1.29 is 4.79 Å². The van der Waals surface area contributed by atoms with Crippen LogP contribution in [0.15, 0.2) is 30.3 Å². The van der Waals surface area contributed by atoms with E-state index in [9.17, 15) is 4.79 Å². The fourth-order valence-corrected chi connectivity index (χ4v) is 3.25. The van der Waals surface area contributed by atoms with Crippen LogP contribution in [0.4, 0.5) is 0 Å². The molecule has 0 radical (unpaired) electrons. The smallest absolute Gasteiger partial charge is 0.239 e. The van der Waals surface area contributed by atoms with Crippen molar-refractivity contribution in [3.63, 3.8) is 0 Å². The SMILES string of the molecule is Cl.Cl.O=C([C@H]1CCCCN1)N1CCN(Cc2ccccc2)CC1. The summed E-state index contributed by atoms with van der Waals surface area (Å²) in [5, 5.41) is 3.36. The predicted octanol–water partition coefficient (Wildman–Crippen LogP) is 2.32. The van der Waals surface area contributed by atoms with Crippen LogP contribution in [-0.2, 0) is 11.3 Å². The van der Waals surface area contributed by atoms with Gasteiger partial charge < -0.3 is 10.2 Å². The first-order valence-electron chi connectivity index (χ1n) is 8.11. The first kappa shape index (κ1) is 20.2. The van der Waals surface area contributed by atoms with Gasteiger partial charge in [-0.15, -0.1) is 24.8 Å². The van der Waals surface area contributed by atoms with Gasteiger partial charge in [-0.2, -0.15) is 0 Å². The Morgan fingerprint density at radius 1 is 1.04 bits per heavy atom. The van der Waals surface area contributed by atoms with E-state index in [1.165, 1.54) is 18.4 Å². The van der Waals surface area contributed by atoms with Crippen LogP contribution in [0.2, 0.25) is 0 Å². The monoisotopic (exact) mass is 359 g/mol. The number of piperidine rings is 1. The summed E-state index contributed by atoms with van der Waals surface area (Å²) < 4.78 is 0. The van der Waals surface area contributed by atoms with E-state index in [4.69, 9.17) is 0 Å². The molecule has 2 heterocycles. The van der Waals surface area contributed by atoms with Crippen molar-refractivity contribution in [3.8, 4) is 0 Å². The average Bonchev–Trinajstić information content (AvgIpc) is 2.57. The van der Waals surface area contributed by atoms with Gasteiger partial charge in [0.1, 0.15) is 0 Å². The van der Waals surface area contributed by atoms with E-state index in [-0.39, 0.29) is 30.9 Å². The highest BCUT2D eigenvalue weighted by Gasteiger charge is 2.28. The number of hydrogen-bond acceptors (Lipinski definition) is 3. The van der Waals surface area contributed by atoms with Crippen LogP contribution >= 0.6 is 24.8 Å². The zero-order valence-electron chi connectivity index (χ0n) is 13.4. The average molecular weight is 360 g/mol. The Morgan fingerprint density at radius 2 is 1.74 bits per heavy atom. The van der Waals surface area contributed by atoms with Crippen molar-refractivity contribution in [2.24, 2.45) is 0 Å². The molecule has 0 saturated carbocycles. The number of amides is 1. The third-order valence-corrected chi connectivity index (χ3v) is 4.54. The van der Waals surface area contributed by atoms with Gasteiger partial charge in [-0.05, 0) is 24.9 Å². The van der Waals surface area contributed by atoms with Gasteiger partial charge in [-0.25, -0.2) is 0 Å². The van der Waals surface area contributed by atoms with Gasteiger partial charge in [-0.3, -0.25) is 9.69 Å². The molecule has 2 aliphatic heterocycles. The quantitative estimate of drug-likeness (QED) is 0.899. The van der Waals surface area contributed by atoms with E-state index >= 15 is 0 Å². The fraction of sp³-hybridized carbons (Fsp3) is 0.588. The number of carbonyl (C=O) groups excluding carboxylic acids is 1. The van der Waals surface area contributed by atoms with Crippen molar-refractivity contribution in [3.05, 3.63) is 35.9 Å². The van der Waals surface area contributed by atoms with Crippen LogP contribution in [0.1, 0.15) is 24.8 Å². The minimum absolute atomic E-state index is 0. The molecule has 130 valence electrons. The van der Waals surface area contributed by atoms with Crippen LogP contribution in [0.25, 0.3) is 0 Å². The number of carbonyl (C=O) groups is 1. The molecule has 0 spiro atoms. The Labute approximate surface area is 151 Å². The van der Waals surface area contributed by atoms with E-state index in [0.29, 0.717) is 5.91 Å². The lowest BCUT2D eigenvalue weighted by Crippen LogP contribution is -2.54. The van der Waals surface area contributed by atoms with E-state index in [1.54, 1.807) is 0 Å². The molecule has 0 unspecified atom stereocenters. The maximum atomic E-state index is 12.5. The summed E-state index contributed by atoms with van der Waals surface area (Å²) in [7, 11) is 0. The van der Waals surface area contributed by atoms with Crippen molar-refractivity contribution in [2.45, 2.75) is 31.8 Å². The molecule has 2 aliphatic rings. The zero-order chi connectivity index (χ0) is 14.5. The molecule has 1 aromatic rings. The second-order valence-electron chi connectivity index (χ2n) is 6.09. The molecule has 1 N–H and O–H groups in total. The third kappa shape index (κ3) is 5.64. The fourth-order valence-electron chi connectivity index (χ4n) is 3.25.